The van der Waals surface area contributed by atoms with Crippen LogP contribution in [0.3, 0.4) is 0 Å². The first kappa shape index (κ1) is 21.6. The summed E-state index contributed by atoms with van der Waals surface area (Å²) in [4.78, 5) is 39.7. The Morgan fingerprint density at radius 3 is 2.53 bits per heavy atom. The molecule has 1 aromatic carbocycles. The van der Waals surface area contributed by atoms with Crippen LogP contribution in [0.25, 0.3) is 0 Å². The molecule has 8 heteroatoms. The van der Waals surface area contributed by atoms with Crippen LogP contribution in [0.15, 0.2) is 53.0 Å². The van der Waals surface area contributed by atoms with Crippen molar-refractivity contribution in [3.8, 4) is 0 Å². The predicted molar refractivity (Wildman–Crippen MR) is 116 cm³/mol. The summed E-state index contributed by atoms with van der Waals surface area (Å²) in [6, 6.07) is 9.80. The maximum Gasteiger partial charge on any atom is 0.338 e. The van der Waals surface area contributed by atoms with Gasteiger partial charge in [0.1, 0.15) is 0 Å². The Hall–Kier alpha value is -3.13. The van der Waals surface area contributed by atoms with Crippen LogP contribution in [0.1, 0.15) is 48.5 Å². The van der Waals surface area contributed by atoms with Gasteiger partial charge in [0, 0.05) is 17.9 Å². The van der Waals surface area contributed by atoms with Crippen LogP contribution in [-0.2, 0) is 9.53 Å². The van der Waals surface area contributed by atoms with Crippen LogP contribution in [0.2, 0.25) is 0 Å². The first-order chi connectivity index (χ1) is 14.5. The van der Waals surface area contributed by atoms with E-state index in [0.717, 1.165) is 12.0 Å². The highest BCUT2D eigenvalue weighted by Crippen LogP contribution is 2.32. The third-order valence-corrected chi connectivity index (χ3v) is 5.65. The molecule has 0 saturated carbocycles. The fourth-order valence-electron chi connectivity index (χ4n) is 3.36. The second kappa shape index (κ2) is 9.58. The van der Waals surface area contributed by atoms with Gasteiger partial charge < -0.3 is 15.4 Å². The van der Waals surface area contributed by atoms with Crippen molar-refractivity contribution in [2.75, 3.05) is 18.5 Å². The van der Waals surface area contributed by atoms with Crippen molar-refractivity contribution >= 4 is 34.9 Å². The highest BCUT2D eigenvalue weighted by molar-refractivity contribution is 7.12. The van der Waals surface area contributed by atoms with Gasteiger partial charge in [0.15, 0.2) is 0 Å². The number of carbonyl (C=O) groups excluding carboxylic acids is 3. The van der Waals surface area contributed by atoms with Crippen LogP contribution in [0.4, 0.5) is 10.5 Å². The molecule has 0 spiro atoms. The molecule has 158 valence electrons. The molecule has 2 N–H and O–H groups in total. The van der Waals surface area contributed by atoms with Crippen molar-refractivity contribution in [2.24, 2.45) is 0 Å². The average Bonchev–Trinajstić information content (AvgIpc) is 3.26. The van der Waals surface area contributed by atoms with Gasteiger partial charge in [-0.25, -0.2) is 9.59 Å². The highest BCUT2D eigenvalue weighted by atomic mass is 32.1. The van der Waals surface area contributed by atoms with Gasteiger partial charge in [-0.3, -0.25) is 9.69 Å². The number of rotatable bonds is 7. The first-order valence-electron chi connectivity index (χ1n) is 9.87. The van der Waals surface area contributed by atoms with E-state index in [1.807, 2.05) is 18.4 Å². The molecule has 0 saturated heterocycles. The standard InChI is InChI=1S/C22H25N3O4S/c1-4-12-25-14(3)18(21(27)29-5-2)19(24-22(25)28)15-8-10-16(11-9-15)23-20(26)17-7-6-13-30-17/h6-11,13,19H,4-5,12H2,1-3H3,(H,23,26)(H,24,28)/t19-/m0/s1. The van der Waals surface area contributed by atoms with Crippen molar-refractivity contribution in [1.82, 2.24) is 10.2 Å². The summed E-state index contributed by atoms with van der Waals surface area (Å²) in [5.41, 5.74) is 2.38. The topological polar surface area (TPSA) is 87.7 Å². The molecule has 3 rings (SSSR count). The Kier molecular flexibility index (Phi) is 6.89. The van der Waals surface area contributed by atoms with E-state index in [-0.39, 0.29) is 18.5 Å². The lowest BCUT2D eigenvalue weighted by atomic mass is 9.94. The van der Waals surface area contributed by atoms with Crippen LogP contribution in [-0.4, -0.2) is 36.0 Å². The van der Waals surface area contributed by atoms with Gasteiger partial charge in [0.2, 0.25) is 0 Å². The number of benzene rings is 1. The Balaban J connectivity index is 1.87. The minimum Gasteiger partial charge on any atom is -0.463 e. The monoisotopic (exact) mass is 427 g/mol. The van der Waals surface area contributed by atoms with E-state index in [0.29, 0.717) is 28.4 Å². The van der Waals surface area contributed by atoms with Crippen molar-refractivity contribution in [3.05, 3.63) is 63.5 Å². The minimum absolute atomic E-state index is 0.179. The number of esters is 1. The summed E-state index contributed by atoms with van der Waals surface area (Å²) >= 11 is 1.37. The molecule has 0 aliphatic carbocycles. The van der Waals surface area contributed by atoms with E-state index in [4.69, 9.17) is 4.74 Å². The van der Waals surface area contributed by atoms with Crippen molar-refractivity contribution in [3.63, 3.8) is 0 Å². The molecule has 30 heavy (non-hydrogen) atoms. The number of amides is 3. The molecule has 0 radical (unpaired) electrons. The number of urea groups is 1. The van der Waals surface area contributed by atoms with Crippen molar-refractivity contribution < 1.29 is 19.1 Å². The third kappa shape index (κ3) is 4.54. The van der Waals surface area contributed by atoms with E-state index in [9.17, 15) is 14.4 Å². The Labute approximate surface area is 179 Å². The number of carbonyl (C=O) groups is 3. The molecular weight excluding hydrogens is 402 g/mol. The number of hydrogen-bond donors (Lipinski definition) is 2. The third-order valence-electron chi connectivity index (χ3n) is 4.79. The largest absolute Gasteiger partial charge is 0.463 e. The van der Waals surface area contributed by atoms with E-state index < -0.39 is 12.0 Å². The Bertz CT molecular complexity index is 951. The summed E-state index contributed by atoms with van der Waals surface area (Å²) in [7, 11) is 0. The molecule has 7 nitrogen and oxygen atoms in total. The van der Waals surface area contributed by atoms with E-state index in [1.165, 1.54) is 11.3 Å². The van der Waals surface area contributed by atoms with Gasteiger partial charge in [0.25, 0.3) is 5.91 Å². The zero-order valence-electron chi connectivity index (χ0n) is 17.2. The van der Waals surface area contributed by atoms with Gasteiger partial charge in [-0.2, -0.15) is 0 Å². The lowest BCUT2D eigenvalue weighted by Gasteiger charge is -2.35. The normalized spacial score (nSPS) is 16.3. The Morgan fingerprint density at radius 2 is 1.93 bits per heavy atom. The second-order valence-corrected chi connectivity index (χ2v) is 7.75. The number of nitrogens with zero attached hydrogens (tertiary/aromatic N) is 1. The number of ether oxygens (including phenoxy) is 1. The molecule has 0 fully saturated rings. The van der Waals surface area contributed by atoms with Crippen LogP contribution in [0, 0.1) is 0 Å². The highest BCUT2D eigenvalue weighted by Gasteiger charge is 2.36. The number of anilines is 1. The zero-order valence-corrected chi connectivity index (χ0v) is 18.0. The maximum atomic E-state index is 12.7. The molecule has 1 atom stereocenters. The number of thiophene rings is 1. The lowest BCUT2D eigenvalue weighted by molar-refractivity contribution is -0.139. The molecule has 3 amide bonds. The maximum absolute atomic E-state index is 12.7. The Morgan fingerprint density at radius 1 is 1.20 bits per heavy atom. The van der Waals surface area contributed by atoms with Crippen LogP contribution < -0.4 is 10.6 Å². The quantitative estimate of drug-likeness (QED) is 0.645. The molecule has 0 bridgehead atoms. The molecule has 1 aliphatic rings. The van der Waals surface area contributed by atoms with Crippen LogP contribution >= 0.6 is 11.3 Å². The minimum atomic E-state index is -0.619. The lowest BCUT2D eigenvalue weighted by Crippen LogP contribution is -2.48. The summed E-state index contributed by atoms with van der Waals surface area (Å²) in [5.74, 6) is -0.627. The number of hydrogen-bond acceptors (Lipinski definition) is 5. The van der Waals surface area contributed by atoms with E-state index >= 15 is 0 Å². The van der Waals surface area contributed by atoms with E-state index in [1.54, 1.807) is 49.1 Å². The molecule has 1 aromatic heterocycles. The molecule has 1 aliphatic heterocycles. The fourth-order valence-corrected chi connectivity index (χ4v) is 3.98. The van der Waals surface area contributed by atoms with Crippen molar-refractivity contribution in [2.45, 2.75) is 33.2 Å². The van der Waals surface area contributed by atoms with Crippen LogP contribution in [0.5, 0.6) is 0 Å². The van der Waals surface area contributed by atoms with E-state index in [2.05, 4.69) is 10.6 Å². The van der Waals surface area contributed by atoms with Gasteiger partial charge in [-0.05, 0) is 49.4 Å². The number of nitrogens with one attached hydrogen (secondary N) is 2. The molecule has 0 unspecified atom stereocenters. The van der Waals surface area contributed by atoms with Gasteiger partial charge in [-0.15, -0.1) is 11.3 Å². The smallest absolute Gasteiger partial charge is 0.338 e. The average molecular weight is 428 g/mol. The first-order valence-corrected chi connectivity index (χ1v) is 10.7. The molecule has 2 aromatic rings. The molecule has 2 heterocycles. The molecular formula is C22H25N3O4S. The zero-order chi connectivity index (χ0) is 21.7. The second-order valence-electron chi connectivity index (χ2n) is 6.81. The fraction of sp³-hybridized carbons (Fsp3) is 0.318. The summed E-state index contributed by atoms with van der Waals surface area (Å²) in [5, 5.41) is 7.60. The van der Waals surface area contributed by atoms with Gasteiger partial charge in [0.05, 0.1) is 23.1 Å². The number of allylic oxidation sites excluding steroid dienone is 1. The summed E-state index contributed by atoms with van der Waals surface area (Å²) in [6.07, 6.45) is 0.768. The van der Waals surface area contributed by atoms with Gasteiger partial charge >= 0.3 is 12.0 Å². The van der Waals surface area contributed by atoms with Gasteiger partial charge in [-0.1, -0.05) is 25.1 Å². The van der Waals surface area contributed by atoms with Crippen molar-refractivity contribution in [1.29, 1.82) is 0 Å². The summed E-state index contributed by atoms with van der Waals surface area (Å²) < 4.78 is 5.25. The SMILES string of the molecule is CCCN1C(=O)N[C@@H](c2ccc(NC(=O)c3cccs3)cc2)C(C(=O)OCC)=C1C. The predicted octanol–water partition coefficient (Wildman–Crippen LogP) is 4.31. The summed E-state index contributed by atoms with van der Waals surface area (Å²) in [6.45, 7) is 6.25.